The van der Waals surface area contributed by atoms with E-state index in [1.807, 2.05) is 24.4 Å². The number of amides is 1. The van der Waals surface area contributed by atoms with E-state index in [4.69, 9.17) is 0 Å². The number of hydrogen-bond acceptors (Lipinski definition) is 3. The summed E-state index contributed by atoms with van der Waals surface area (Å²) in [7, 11) is 0. The van der Waals surface area contributed by atoms with Gasteiger partial charge in [-0.2, -0.15) is 0 Å². The minimum absolute atomic E-state index is 0.0733. The standard InChI is InChI=1S/C12H11BrN2OS/c1-8-6-9(2-3-10(8)13)12(16)15-7-11-14-4-5-17-11/h2-6H,7H2,1H3,(H,15,16). The highest BCUT2D eigenvalue weighted by Crippen LogP contribution is 2.17. The zero-order chi connectivity index (χ0) is 12.3. The Balaban J connectivity index is 2.02. The monoisotopic (exact) mass is 310 g/mol. The minimum Gasteiger partial charge on any atom is -0.346 e. The summed E-state index contributed by atoms with van der Waals surface area (Å²) in [5.41, 5.74) is 1.72. The number of nitrogens with one attached hydrogen (secondary N) is 1. The first kappa shape index (κ1) is 12.3. The predicted molar refractivity (Wildman–Crippen MR) is 72.2 cm³/mol. The van der Waals surface area contributed by atoms with E-state index in [0.717, 1.165) is 15.0 Å². The van der Waals surface area contributed by atoms with Crippen LogP contribution >= 0.6 is 27.3 Å². The van der Waals surface area contributed by atoms with E-state index in [0.29, 0.717) is 12.1 Å². The Morgan fingerprint density at radius 2 is 2.35 bits per heavy atom. The number of carbonyl (C=O) groups excluding carboxylic acids is 1. The van der Waals surface area contributed by atoms with Gasteiger partial charge in [-0.15, -0.1) is 11.3 Å². The third-order valence-electron chi connectivity index (χ3n) is 2.30. The van der Waals surface area contributed by atoms with Crippen LogP contribution in [0.3, 0.4) is 0 Å². The Bertz CT molecular complexity index is 525. The highest BCUT2D eigenvalue weighted by molar-refractivity contribution is 9.10. The molecule has 1 amide bonds. The fourth-order valence-corrected chi connectivity index (χ4v) is 2.19. The molecule has 1 heterocycles. The molecule has 88 valence electrons. The van der Waals surface area contributed by atoms with Gasteiger partial charge in [-0.1, -0.05) is 15.9 Å². The molecule has 0 aliphatic carbocycles. The van der Waals surface area contributed by atoms with Crippen molar-refractivity contribution in [1.29, 1.82) is 0 Å². The van der Waals surface area contributed by atoms with E-state index in [9.17, 15) is 4.79 Å². The summed E-state index contributed by atoms with van der Waals surface area (Å²) in [6.45, 7) is 2.44. The maximum absolute atomic E-state index is 11.9. The number of halogens is 1. The van der Waals surface area contributed by atoms with Crippen molar-refractivity contribution in [3.8, 4) is 0 Å². The molecule has 0 aliphatic rings. The van der Waals surface area contributed by atoms with Crippen LogP contribution in [0, 0.1) is 6.92 Å². The van der Waals surface area contributed by atoms with Gasteiger partial charge in [0.15, 0.2) is 0 Å². The van der Waals surface area contributed by atoms with E-state index >= 15 is 0 Å². The molecule has 2 aromatic rings. The molecule has 1 aromatic heterocycles. The molecule has 0 saturated carbocycles. The number of carbonyl (C=O) groups is 1. The molecule has 3 nitrogen and oxygen atoms in total. The Kier molecular flexibility index (Phi) is 3.91. The number of aryl methyl sites for hydroxylation is 1. The van der Waals surface area contributed by atoms with Crippen LogP contribution < -0.4 is 5.32 Å². The maximum Gasteiger partial charge on any atom is 0.251 e. The smallest absolute Gasteiger partial charge is 0.251 e. The van der Waals surface area contributed by atoms with Crippen LogP contribution in [0.15, 0.2) is 34.2 Å². The molecule has 5 heteroatoms. The molecule has 17 heavy (non-hydrogen) atoms. The quantitative estimate of drug-likeness (QED) is 0.946. The molecule has 2 rings (SSSR count). The summed E-state index contributed by atoms with van der Waals surface area (Å²) in [4.78, 5) is 16.0. The zero-order valence-electron chi connectivity index (χ0n) is 9.24. The lowest BCUT2D eigenvalue weighted by Gasteiger charge is -2.05. The van der Waals surface area contributed by atoms with E-state index in [-0.39, 0.29) is 5.91 Å². The maximum atomic E-state index is 11.9. The molecule has 0 bridgehead atoms. The first-order valence-corrected chi connectivity index (χ1v) is 6.77. The number of thiazole rings is 1. The summed E-state index contributed by atoms with van der Waals surface area (Å²) >= 11 is 4.94. The van der Waals surface area contributed by atoms with E-state index < -0.39 is 0 Å². The fourth-order valence-electron chi connectivity index (χ4n) is 1.38. The second-order valence-corrected chi connectivity index (χ2v) is 5.41. The zero-order valence-corrected chi connectivity index (χ0v) is 11.6. The number of rotatable bonds is 3. The van der Waals surface area contributed by atoms with E-state index in [1.54, 1.807) is 12.3 Å². The van der Waals surface area contributed by atoms with E-state index in [2.05, 4.69) is 26.2 Å². The third-order valence-corrected chi connectivity index (χ3v) is 3.97. The van der Waals surface area contributed by atoms with Gasteiger partial charge < -0.3 is 5.32 Å². The molecule has 0 saturated heterocycles. The molecule has 0 atom stereocenters. The highest BCUT2D eigenvalue weighted by Gasteiger charge is 2.07. The summed E-state index contributed by atoms with van der Waals surface area (Å²) in [5, 5.41) is 5.65. The van der Waals surface area contributed by atoms with Gasteiger partial charge in [0.25, 0.3) is 5.91 Å². The van der Waals surface area contributed by atoms with Crippen LogP contribution in [0.1, 0.15) is 20.9 Å². The van der Waals surface area contributed by atoms with Crippen molar-refractivity contribution < 1.29 is 4.79 Å². The summed E-state index contributed by atoms with van der Waals surface area (Å²) in [6, 6.07) is 5.54. The first-order chi connectivity index (χ1) is 8.16. The summed E-state index contributed by atoms with van der Waals surface area (Å²) in [6.07, 6.45) is 1.73. The Hall–Kier alpha value is -1.20. The molecule has 0 fully saturated rings. The Labute approximate surface area is 112 Å². The number of hydrogen-bond donors (Lipinski definition) is 1. The predicted octanol–water partition coefficient (Wildman–Crippen LogP) is 3.14. The molecule has 0 unspecified atom stereocenters. The van der Waals surface area contributed by atoms with Crippen molar-refractivity contribution in [2.75, 3.05) is 0 Å². The van der Waals surface area contributed by atoms with Crippen LogP contribution in [0.4, 0.5) is 0 Å². The van der Waals surface area contributed by atoms with Crippen LogP contribution in [0.5, 0.6) is 0 Å². The van der Waals surface area contributed by atoms with Crippen molar-refractivity contribution in [2.45, 2.75) is 13.5 Å². The van der Waals surface area contributed by atoms with Crippen LogP contribution in [0.25, 0.3) is 0 Å². The molecule has 0 radical (unpaired) electrons. The Morgan fingerprint density at radius 3 is 3.00 bits per heavy atom. The molecular weight excluding hydrogens is 300 g/mol. The largest absolute Gasteiger partial charge is 0.346 e. The van der Waals surface area contributed by atoms with Gasteiger partial charge in [0.1, 0.15) is 5.01 Å². The molecule has 0 aliphatic heterocycles. The normalized spacial score (nSPS) is 10.2. The number of aromatic nitrogens is 1. The fraction of sp³-hybridized carbons (Fsp3) is 0.167. The van der Waals surface area contributed by atoms with Crippen molar-refractivity contribution >= 4 is 33.2 Å². The molecule has 1 N–H and O–H groups in total. The van der Waals surface area contributed by atoms with Crippen molar-refractivity contribution in [2.24, 2.45) is 0 Å². The van der Waals surface area contributed by atoms with Crippen molar-refractivity contribution in [3.63, 3.8) is 0 Å². The lowest BCUT2D eigenvalue weighted by atomic mass is 10.1. The second kappa shape index (κ2) is 5.42. The van der Waals surface area contributed by atoms with Crippen LogP contribution in [0.2, 0.25) is 0 Å². The van der Waals surface area contributed by atoms with Gasteiger partial charge >= 0.3 is 0 Å². The Morgan fingerprint density at radius 1 is 1.53 bits per heavy atom. The van der Waals surface area contributed by atoms with Gasteiger partial charge in [0.2, 0.25) is 0 Å². The topological polar surface area (TPSA) is 42.0 Å². The second-order valence-electron chi connectivity index (χ2n) is 3.57. The lowest BCUT2D eigenvalue weighted by molar-refractivity contribution is 0.0951. The van der Waals surface area contributed by atoms with Gasteiger partial charge in [0.05, 0.1) is 6.54 Å². The van der Waals surface area contributed by atoms with Gasteiger partial charge in [0, 0.05) is 21.6 Å². The van der Waals surface area contributed by atoms with Crippen molar-refractivity contribution in [1.82, 2.24) is 10.3 Å². The molecule has 1 aromatic carbocycles. The lowest BCUT2D eigenvalue weighted by Crippen LogP contribution is -2.22. The first-order valence-electron chi connectivity index (χ1n) is 5.09. The average Bonchev–Trinajstić information content (AvgIpc) is 2.82. The molecular formula is C12H11BrN2OS. The van der Waals surface area contributed by atoms with Crippen LogP contribution in [-0.4, -0.2) is 10.9 Å². The minimum atomic E-state index is -0.0733. The summed E-state index contributed by atoms with van der Waals surface area (Å²) in [5.74, 6) is -0.0733. The summed E-state index contributed by atoms with van der Waals surface area (Å²) < 4.78 is 1.01. The van der Waals surface area contributed by atoms with Crippen molar-refractivity contribution in [3.05, 3.63) is 50.4 Å². The number of nitrogens with zero attached hydrogens (tertiary/aromatic N) is 1. The van der Waals surface area contributed by atoms with E-state index in [1.165, 1.54) is 11.3 Å². The van der Waals surface area contributed by atoms with Gasteiger partial charge in [-0.05, 0) is 30.7 Å². The van der Waals surface area contributed by atoms with Crippen LogP contribution in [-0.2, 0) is 6.54 Å². The van der Waals surface area contributed by atoms with Gasteiger partial charge in [-0.25, -0.2) is 4.98 Å². The molecule has 0 spiro atoms. The average molecular weight is 311 g/mol. The third kappa shape index (κ3) is 3.14. The number of benzene rings is 1. The SMILES string of the molecule is Cc1cc(C(=O)NCc2nccs2)ccc1Br. The van der Waals surface area contributed by atoms with Gasteiger partial charge in [-0.3, -0.25) is 4.79 Å². The highest BCUT2D eigenvalue weighted by atomic mass is 79.9.